The van der Waals surface area contributed by atoms with Crippen LogP contribution in [0.4, 0.5) is 9.59 Å². The zero-order valence-corrected chi connectivity index (χ0v) is 17.8. The van der Waals surface area contributed by atoms with Crippen molar-refractivity contribution in [2.75, 3.05) is 7.11 Å². The van der Waals surface area contributed by atoms with Crippen LogP contribution in [0.2, 0.25) is 0 Å². The third kappa shape index (κ3) is 6.14. The number of carbonyl (C=O) groups is 3. The predicted octanol–water partition coefficient (Wildman–Crippen LogP) is 3.79. The zero-order chi connectivity index (χ0) is 21.8. The molecule has 0 aromatic heterocycles. The minimum atomic E-state index is -1.62. The van der Waals surface area contributed by atoms with Gasteiger partial charge in [0.1, 0.15) is 22.5 Å². The van der Waals surface area contributed by atoms with Gasteiger partial charge in [-0.1, -0.05) is 18.2 Å². The Balaban J connectivity index is 3.43. The van der Waals surface area contributed by atoms with Crippen LogP contribution in [0.15, 0.2) is 24.3 Å². The number of para-hydroxylation sites is 1. The highest BCUT2D eigenvalue weighted by Crippen LogP contribution is 2.33. The number of hydrogen-bond acceptors (Lipinski definition) is 6. The van der Waals surface area contributed by atoms with Crippen LogP contribution in [0.25, 0.3) is 0 Å². The second-order valence-electron chi connectivity index (χ2n) is 8.40. The highest BCUT2D eigenvalue weighted by molar-refractivity contribution is 5.81. The second kappa shape index (κ2) is 8.50. The molecule has 28 heavy (non-hydrogen) atoms. The van der Waals surface area contributed by atoms with E-state index in [1.165, 1.54) is 14.0 Å². The summed E-state index contributed by atoms with van der Waals surface area (Å²) in [6, 6.07) is 6.70. The van der Waals surface area contributed by atoms with Gasteiger partial charge in [-0.05, 0) is 54.5 Å². The van der Waals surface area contributed by atoms with Crippen LogP contribution in [0, 0.1) is 0 Å². The SMILES string of the molecule is COc1ccccc1[C@@](C)(C=O)N(NC(=O)OC(C)(C)C)C(=O)OC(C)(C)C. The third-order valence-electron chi connectivity index (χ3n) is 3.52. The van der Waals surface area contributed by atoms with E-state index in [2.05, 4.69) is 5.43 Å². The van der Waals surface area contributed by atoms with Gasteiger partial charge in [0.25, 0.3) is 0 Å². The summed E-state index contributed by atoms with van der Waals surface area (Å²) in [7, 11) is 1.45. The Morgan fingerprint density at radius 2 is 1.50 bits per heavy atom. The first-order chi connectivity index (χ1) is 12.7. The van der Waals surface area contributed by atoms with Crippen molar-refractivity contribution in [3.05, 3.63) is 29.8 Å². The molecule has 1 atom stereocenters. The maximum absolute atomic E-state index is 12.9. The van der Waals surface area contributed by atoms with E-state index in [1.807, 2.05) is 0 Å². The number of aldehydes is 1. The van der Waals surface area contributed by atoms with Crippen LogP contribution < -0.4 is 10.2 Å². The van der Waals surface area contributed by atoms with Crippen LogP contribution in [-0.2, 0) is 19.8 Å². The van der Waals surface area contributed by atoms with Crippen LogP contribution in [0.5, 0.6) is 5.75 Å². The van der Waals surface area contributed by atoms with E-state index in [4.69, 9.17) is 14.2 Å². The molecule has 8 nitrogen and oxygen atoms in total. The zero-order valence-electron chi connectivity index (χ0n) is 17.8. The van der Waals surface area contributed by atoms with Gasteiger partial charge in [0.2, 0.25) is 0 Å². The predicted molar refractivity (Wildman–Crippen MR) is 104 cm³/mol. The Labute approximate surface area is 166 Å². The Morgan fingerprint density at radius 1 is 0.964 bits per heavy atom. The van der Waals surface area contributed by atoms with Crippen molar-refractivity contribution in [3.8, 4) is 5.75 Å². The first kappa shape index (κ1) is 23.3. The normalized spacial score (nSPS) is 13.7. The molecule has 0 unspecified atom stereocenters. The van der Waals surface area contributed by atoms with Crippen LogP contribution in [0.3, 0.4) is 0 Å². The van der Waals surface area contributed by atoms with Crippen molar-refractivity contribution in [2.45, 2.75) is 65.2 Å². The fourth-order valence-electron chi connectivity index (χ4n) is 2.35. The molecule has 0 bridgehead atoms. The molecule has 0 heterocycles. The molecule has 1 aromatic rings. The number of carbonyl (C=O) groups excluding carboxylic acids is 3. The number of nitrogens with zero attached hydrogens (tertiary/aromatic N) is 1. The molecule has 0 saturated heterocycles. The molecule has 0 aliphatic carbocycles. The maximum atomic E-state index is 12.9. The second-order valence-corrected chi connectivity index (χ2v) is 8.40. The Bertz CT molecular complexity index is 720. The van der Waals surface area contributed by atoms with E-state index >= 15 is 0 Å². The molecule has 0 saturated carbocycles. The summed E-state index contributed by atoms with van der Waals surface area (Å²) in [4.78, 5) is 37.4. The van der Waals surface area contributed by atoms with Crippen molar-refractivity contribution in [2.24, 2.45) is 0 Å². The molecule has 0 aliphatic heterocycles. The molecule has 0 aliphatic rings. The third-order valence-corrected chi connectivity index (χ3v) is 3.52. The summed E-state index contributed by atoms with van der Waals surface area (Å²) in [5, 5.41) is 0.817. The number of methoxy groups -OCH3 is 1. The summed E-state index contributed by atoms with van der Waals surface area (Å²) in [6.07, 6.45) is -1.29. The van der Waals surface area contributed by atoms with Crippen molar-refractivity contribution in [1.29, 1.82) is 0 Å². The van der Waals surface area contributed by atoms with E-state index in [1.54, 1.807) is 65.8 Å². The molecule has 0 radical (unpaired) electrons. The molecule has 8 heteroatoms. The Morgan fingerprint density at radius 3 is 1.96 bits per heavy atom. The number of nitrogens with one attached hydrogen (secondary N) is 1. The van der Waals surface area contributed by atoms with Gasteiger partial charge in [0.05, 0.1) is 7.11 Å². The van der Waals surface area contributed by atoms with E-state index < -0.39 is 28.9 Å². The van der Waals surface area contributed by atoms with Crippen LogP contribution in [0.1, 0.15) is 54.0 Å². The Hall–Kier alpha value is -2.77. The fourth-order valence-corrected chi connectivity index (χ4v) is 2.35. The van der Waals surface area contributed by atoms with E-state index in [-0.39, 0.29) is 0 Å². The van der Waals surface area contributed by atoms with Crippen LogP contribution in [-0.4, -0.2) is 41.8 Å². The molecule has 156 valence electrons. The van der Waals surface area contributed by atoms with Gasteiger partial charge < -0.3 is 19.0 Å². The average molecular weight is 394 g/mol. The Kier molecular flexibility index (Phi) is 7.06. The summed E-state index contributed by atoms with van der Waals surface area (Å²) in [5.74, 6) is 0.372. The van der Waals surface area contributed by atoms with Gasteiger partial charge >= 0.3 is 12.2 Å². The fraction of sp³-hybridized carbons (Fsp3) is 0.550. The number of hydrazine groups is 1. The lowest BCUT2D eigenvalue weighted by atomic mass is 9.92. The monoisotopic (exact) mass is 394 g/mol. The molecule has 0 fully saturated rings. The van der Waals surface area contributed by atoms with Crippen molar-refractivity contribution >= 4 is 18.5 Å². The van der Waals surface area contributed by atoms with E-state index in [0.29, 0.717) is 17.6 Å². The molecule has 1 aromatic carbocycles. The topological polar surface area (TPSA) is 94.2 Å². The smallest absolute Gasteiger partial charge is 0.430 e. The average Bonchev–Trinajstić information content (AvgIpc) is 2.55. The summed E-state index contributed by atoms with van der Waals surface area (Å²) in [5.41, 5.74) is -0.553. The number of hydrogen-bond donors (Lipinski definition) is 1. The quantitative estimate of drug-likeness (QED) is 0.617. The lowest BCUT2D eigenvalue weighted by molar-refractivity contribution is -0.120. The minimum absolute atomic E-state index is 0.370. The van der Waals surface area contributed by atoms with Gasteiger partial charge in [-0.25, -0.2) is 15.0 Å². The lowest BCUT2D eigenvalue weighted by Crippen LogP contribution is -2.59. The minimum Gasteiger partial charge on any atom is -0.496 e. The largest absolute Gasteiger partial charge is 0.496 e. The number of rotatable bonds is 4. The molecule has 1 N–H and O–H groups in total. The number of benzene rings is 1. The van der Waals surface area contributed by atoms with Gasteiger partial charge in [-0.15, -0.1) is 0 Å². The van der Waals surface area contributed by atoms with Gasteiger partial charge in [0.15, 0.2) is 6.29 Å². The van der Waals surface area contributed by atoms with Crippen molar-refractivity contribution in [1.82, 2.24) is 10.4 Å². The first-order valence-corrected chi connectivity index (χ1v) is 8.86. The first-order valence-electron chi connectivity index (χ1n) is 8.86. The highest BCUT2D eigenvalue weighted by atomic mass is 16.6. The van der Waals surface area contributed by atoms with Crippen LogP contribution >= 0.6 is 0 Å². The molecular formula is C20H30N2O6. The number of ether oxygens (including phenoxy) is 3. The van der Waals surface area contributed by atoms with Gasteiger partial charge in [-0.2, -0.15) is 5.01 Å². The molecule has 1 rings (SSSR count). The summed E-state index contributed by atoms with van der Waals surface area (Å²) >= 11 is 0. The maximum Gasteiger partial charge on any atom is 0.430 e. The number of amides is 2. The molecular weight excluding hydrogens is 364 g/mol. The van der Waals surface area contributed by atoms with Gasteiger partial charge in [-0.3, -0.25) is 0 Å². The van der Waals surface area contributed by atoms with Gasteiger partial charge in [0, 0.05) is 5.56 Å². The van der Waals surface area contributed by atoms with E-state index in [9.17, 15) is 14.4 Å². The summed E-state index contributed by atoms with van der Waals surface area (Å²) < 4.78 is 16.0. The standard InChI is InChI=1S/C20H30N2O6/c1-18(2,3)27-16(24)21-22(17(25)28-19(4,5)6)20(7,13-23)14-11-9-10-12-15(14)26-8/h9-13H,1-8H3,(H,21,24)/t20-/m1/s1. The molecule has 0 spiro atoms. The van der Waals surface area contributed by atoms with E-state index in [0.717, 1.165) is 5.01 Å². The highest BCUT2D eigenvalue weighted by Gasteiger charge is 2.43. The summed E-state index contributed by atoms with van der Waals surface area (Å²) in [6.45, 7) is 11.6. The van der Waals surface area contributed by atoms with Crippen molar-refractivity contribution in [3.63, 3.8) is 0 Å². The molecule has 2 amide bonds. The lowest BCUT2D eigenvalue weighted by Gasteiger charge is -2.38. The van der Waals surface area contributed by atoms with Crippen molar-refractivity contribution < 1.29 is 28.6 Å².